The van der Waals surface area contributed by atoms with Gasteiger partial charge in [0.1, 0.15) is 0 Å². The van der Waals surface area contributed by atoms with Gasteiger partial charge in [-0.2, -0.15) is 0 Å². The summed E-state index contributed by atoms with van der Waals surface area (Å²) in [5.74, 6) is -1.35. The van der Waals surface area contributed by atoms with Gasteiger partial charge in [-0.05, 0) is 43.3 Å². The van der Waals surface area contributed by atoms with E-state index in [1.807, 2.05) is 43.6 Å². The highest BCUT2D eigenvalue weighted by molar-refractivity contribution is 5.99. The number of rotatable bonds is 5. The lowest BCUT2D eigenvalue weighted by Gasteiger charge is -2.12. The third-order valence-corrected chi connectivity index (χ3v) is 4.04. The van der Waals surface area contributed by atoms with Crippen LogP contribution < -0.4 is 16.2 Å². The lowest BCUT2D eigenvalue weighted by molar-refractivity contribution is -0.120. The molecule has 0 atom stereocenters. The molecule has 0 unspecified atom stereocenters. The van der Waals surface area contributed by atoms with Crippen molar-refractivity contribution in [2.45, 2.75) is 6.92 Å². The summed E-state index contributed by atoms with van der Waals surface area (Å²) < 4.78 is 1.80. The van der Waals surface area contributed by atoms with Crippen LogP contribution in [0.1, 0.15) is 26.3 Å². The van der Waals surface area contributed by atoms with Crippen LogP contribution in [0.2, 0.25) is 0 Å². The molecule has 0 bridgehead atoms. The molecule has 28 heavy (non-hydrogen) atoms. The highest BCUT2D eigenvalue weighted by Gasteiger charge is 2.13. The molecule has 3 rings (SSSR count). The predicted octanol–water partition coefficient (Wildman–Crippen LogP) is 1.98. The first-order valence-corrected chi connectivity index (χ1v) is 8.71. The quantitative estimate of drug-likeness (QED) is 0.595. The summed E-state index contributed by atoms with van der Waals surface area (Å²) in [6, 6.07) is 17.8. The number of hydrogen-bond acceptors (Lipinski definition) is 3. The van der Waals surface area contributed by atoms with E-state index in [1.54, 1.807) is 41.0 Å². The number of carbonyl (C=O) groups is 3. The summed E-state index contributed by atoms with van der Waals surface area (Å²) in [4.78, 5) is 36.4. The van der Waals surface area contributed by atoms with Gasteiger partial charge in [0, 0.05) is 18.0 Å². The number of nitrogens with zero attached hydrogens (tertiary/aromatic N) is 1. The first kappa shape index (κ1) is 18.9. The number of hydrogen-bond donors (Lipinski definition) is 3. The zero-order valence-corrected chi connectivity index (χ0v) is 15.3. The summed E-state index contributed by atoms with van der Waals surface area (Å²) in [7, 11) is 0. The minimum atomic E-state index is -0.534. The number of aromatic nitrogens is 1. The SMILES string of the molecule is Cc1cccc(C(=O)NCC(=O)NNC(=O)c2ccccc2-n2cccc2)c1. The minimum absolute atomic E-state index is 0.258. The summed E-state index contributed by atoms with van der Waals surface area (Å²) in [5, 5.41) is 2.52. The van der Waals surface area contributed by atoms with Crippen molar-refractivity contribution in [2.24, 2.45) is 0 Å². The molecule has 0 saturated heterocycles. The Morgan fingerprint density at radius 3 is 2.36 bits per heavy atom. The van der Waals surface area contributed by atoms with Gasteiger partial charge in [0.25, 0.3) is 17.7 Å². The third kappa shape index (κ3) is 4.64. The molecule has 3 aromatic rings. The number of carbonyl (C=O) groups excluding carboxylic acids is 3. The summed E-state index contributed by atoms with van der Waals surface area (Å²) in [6.45, 7) is 1.62. The number of benzene rings is 2. The van der Waals surface area contributed by atoms with Crippen LogP contribution in [-0.2, 0) is 4.79 Å². The molecule has 0 aliphatic rings. The fourth-order valence-electron chi connectivity index (χ4n) is 2.67. The van der Waals surface area contributed by atoms with E-state index in [2.05, 4.69) is 16.2 Å². The van der Waals surface area contributed by atoms with Crippen molar-refractivity contribution in [3.8, 4) is 5.69 Å². The van der Waals surface area contributed by atoms with Crippen molar-refractivity contribution in [3.05, 3.63) is 89.7 Å². The molecule has 0 spiro atoms. The van der Waals surface area contributed by atoms with Gasteiger partial charge in [-0.1, -0.05) is 29.8 Å². The van der Waals surface area contributed by atoms with E-state index in [-0.39, 0.29) is 12.5 Å². The van der Waals surface area contributed by atoms with Crippen LogP contribution in [0.3, 0.4) is 0 Å². The molecule has 0 fully saturated rings. The van der Waals surface area contributed by atoms with E-state index in [4.69, 9.17) is 0 Å². The van der Waals surface area contributed by atoms with Crippen molar-refractivity contribution in [1.82, 2.24) is 20.7 Å². The number of aryl methyl sites for hydroxylation is 1. The van der Waals surface area contributed by atoms with Crippen LogP contribution in [-0.4, -0.2) is 28.8 Å². The minimum Gasteiger partial charge on any atom is -0.343 e. The van der Waals surface area contributed by atoms with Crippen molar-refractivity contribution >= 4 is 17.7 Å². The first-order chi connectivity index (χ1) is 13.5. The number of para-hydroxylation sites is 1. The third-order valence-electron chi connectivity index (χ3n) is 4.04. The number of amides is 3. The van der Waals surface area contributed by atoms with Gasteiger partial charge in [0.15, 0.2) is 0 Å². The van der Waals surface area contributed by atoms with Gasteiger partial charge in [-0.25, -0.2) is 0 Å². The molecule has 1 aromatic heterocycles. The van der Waals surface area contributed by atoms with Gasteiger partial charge in [-0.15, -0.1) is 0 Å². The van der Waals surface area contributed by atoms with Crippen LogP contribution in [0.25, 0.3) is 5.69 Å². The van der Waals surface area contributed by atoms with Gasteiger partial charge in [0.05, 0.1) is 17.8 Å². The van der Waals surface area contributed by atoms with E-state index >= 15 is 0 Å². The lowest BCUT2D eigenvalue weighted by Crippen LogP contribution is -2.46. The average molecular weight is 376 g/mol. The fourth-order valence-corrected chi connectivity index (χ4v) is 2.67. The Kier molecular flexibility index (Phi) is 5.86. The maximum absolute atomic E-state index is 12.4. The largest absolute Gasteiger partial charge is 0.343 e. The van der Waals surface area contributed by atoms with Gasteiger partial charge in [-0.3, -0.25) is 25.2 Å². The molecule has 3 N–H and O–H groups in total. The zero-order valence-electron chi connectivity index (χ0n) is 15.3. The van der Waals surface area contributed by atoms with Gasteiger partial charge in [0.2, 0.25) is 0 Å². The Morgan fingerprint density at radius 2 is 1.61 bits per heavy atom. The Labute approximate surface area is 162 Å². The molecule has 7 heteroatoms. The fraction of sp³-hybridized carbons (Fsp3) is 0.0952. The molecule has 3 amide bonds. The second-order valence-corrected chi connectivity index (χ2v) is 6.16. The van der Waals surface area contributed by atoms with Crippen molar-refractivity contribution < 1.29 is 14.4 Å². The monoisotopic (exact) mass is 376 g/mol. The Morgan fingerprint density at radius 1 is 0.857 bits per heavy atom. The van der Waals surface area contributed by atoms with Crippen LogP contribution >= 0.6 is 0 Å². The Balaban J connectivity index is 1.54. The molecule has 7 nitrogen and oxygen atoms in total. The molecule has 2 aromatic carbocycles. The lowest BCUT2D eigenvalue weighted by atomic mass is 10.1. The van der Waals surface area contributed by atoms with Gasteiger partial charge < -0.3 is 9.88 Å². The number of nitrogens with one attached hydrogen (secondary N) is 3. The predicted molar refractivity (Wildman–Crippen MR) is 105 cm³/mol. The Bertz CT molecular complexity index is 996. The maximum Gasteiger partial charge on any atom is 0.271 e. The topological polar surface area (TPSA) is 92.2 Å². The molecule has 0 aliphatic heterocycles. The number of hydrazine groups is 1. The van der Waals surface area contributed by atoms with Crippen LogP contribution in [0.5, 0.6) is 0 Å². The second-order valence-electron chi connectivity index (χ2n) is 6.16. The van der Waals surface area contributed by atoms with E-state index in [1.165, 1.54) is 0 Å². The average Bonchev–Trinajstić information content (AvgIpc) is 3.25. The van der Waals surface area contributed by atoms with Crippen molar-refractivity contribution in [2.75, 3.05) is 6.54 Å². The van der Waals surface area contributed by atoms with E-state index in [0.29, 0.717) is 16.8 Å². The van der Waals surface area contributed by atoms with Crippen molar-refractivity contribution in [1.29, 1.82) is 0 Å². The molecule has 0 aliphatic carbocycles. The molecular weight excluding hydrogens is 356 g/mol. The van der Waals surface area contributed by atoms with Crippen molar-refractivity contribution in [3.63, 3.8) is 0 Å². The normalized spacial score (nSPS) is 10.2. The van der Waals surface area contributed by atoms with E-state index in [0.717, 1.165) is 5.56 Å². The van der Waals surface area contributed by atoms with Crippen LogP contribution in [0, 0.1) is 6.92 Å². The molecule has 1 heterocycles. The van der Waals surface area contributed by atoms with Gasteiger partial charge >= 0.3 is 0 Å². The maximum atomic E-state index is 12.4. The smallest absolute Gasteiger partial charge is 0.271 e. The summed E-state index contributed by atoms with van der Waals surface area (Å²) in [5.41, 5.74) is 7.19. The molecule has 142 valence electrons. The summed E-state index contributed by atoms with van der Waals surface area (Å²) in [6.07, 6.45) is 3.65. The first-order valence-electron chi connectivity index (χ1n) is 8.71. The highest BCUT2D eigenvalue weighted by Crippen LogP contribution is 2.14. The molecule has 0 saturated carbocycles. The Hall–Kier alpha value is -3.87. The van der Waals surface area contributed by atoms with E-state index < -0.39 is 11.8 Å². The van der Waals surface area contributed by atoms with Crippen LogP contribution in [0.4, 0.5) is 0 Å². The standard InChI is InChI=1S/C21H20N4O3/c1-15-7-6-8-16(13-15)20(27)22-14-19(26)23-24-21(28)17-9-2-3-10-18(17)25-11-4-5-12-25/h2-13H,14H2,1H3,(H,22,27)(H,23,26)(H,24,28). The molecule has 0 radical (unpaired) electrons. The highest BCUT2D eigenvalue weighted by atomic mass is 16.2. The van der Waals surface area contributed by atoms with Crippen LogP contribution in [0.15, 0.2) is 73.1 Å². The molecular formula is C21H20N4O3. The second kappa shape index (κ2) is 8.68. The summed E-state index contributed by atoms with van der Waals surface area (Å²) >= 11 is 0. The zero-order chi connectivity index (χ0) is 19.9. The van der Waals surface area contributed by atoms with E-state index in [9.17, 15) is 14.4 Å².